The predicted molar refractivity (Wildman–Crippen MR) is 62.3 cm³/mol. The summed E-state index contributed by atoms with van der Waals surface area (Å²) < 4.78 is 18.8. The maximum absolute atomic E-state index is 13.3. The van der Waals surface area contributed by atoms with Crippen molar-refractivity contribution in [3.63, 3.8) is 0 Å². The Labute approximate surface area is 94.5 Å². The summed E-state index contributed by atoms with van der Waals surface area (Å²) >= 11 is 0. The lowest BCUT2D eigenvalue weighted by Gasteiger charge is -2.07. The van der Waals surface area contributed by atoms with Gasteiger partial charge in [-0.1, -0.05) is 31.2 Å². The highest BCUT2D eigenvalue weighted by atomic mass is 19.1. The predicted octanol–water partition coefficient (Wildman–Crippen LogP) is 4.18. The standard InChI is InChI=1S/C14H13FO/c1-2-11-6-5-7-12(10-11)16-14-9-4-3-8-13(14)15/h3-10H,2H2,1H3. The van der Waals surface area contributed by atoms with E-state index in [0.29, 0.717) is 5.75 Å². The van der Waals surface area contributed by atoms with Gasteiger partial charge in [0.15, 0.2) is 11.6 Å². The van der Waals surface area contributed by atoms with Gasteiger partial charge in [-0.25, -0.2) is 4.39 Å². The number of benzene rings is 2. The van der Waals surface area contributed by atoms with Gasteiger partial charge < -0.3 is 4.74 Å². The highest BCUT2D eigenvalue weighted by Gasteiger charge is 2.03. The molecule has 1 nitrogen and oxygen atoms in total. The Morgan fingerprint density at radius 1 is 1.06 bits per heavy atom. The molecule has 0 N–H and O–H groups in total. The lowest BCUT2D eigenvalue weighted by Crippen LogP contribution is -1.88. The first-order chi connectivity index (χ1) is 7.79. The highest BCUT2D eigenvalue weighted by molar-refractivity contribution is 5.34. The maximum Gasteiger partial charge on any atom is 0.165 e. The molecule has 0 unspecified atom stereocenters. The molecular weight excluding hydrogens is 203 g/mol. The Morgan fingerprint density at radius 2 is 1.88 bits per heavy atom. The van der Waals surface area contributed by atoms with Gasteiger partial charge in [0, 0.05) is 0 Å². The molecule has 0 aliphatic carbocycles. The number of para-hydroxylation sites is 1. The van der Waals surface area contributed by atoms with Crippen LogP contribution in [0.4, 0.5) is 4.39 Å². The maximum atomic E-state index is 13.3. The molecule has 16 heavy (non-hydrogen) atoms. The molecule has 0 atom stereocenters. The van der Waals surface area contributed by atoms with E-state index in [-0.39, 0.29) is 11.6 Å². The summed E-state index contributed by atoms with van der Waals surface area (Å²) in [4.78, 5) is 0. The minimum absolute atomic E-state index is 0.260. The summed E-state index contributed by atoms with van der Waals surface area (Å²) in [6.07, 6.45) is 0.939. The fraction of sp³-hybridized carbons (Fsp3) is 0.143. The van der Waals surface area contributed by atoms with E-state index >= 15 is 0 Å². The lowest BCUT2D eigenvalue weighted by molar-refractivity contribution is 0.442. The van der Waals surface area contributed by atoms with Crippen LogP contribution in [0.15, 0.2) is 48.5 Å². The molecule has 0 aliphatic rings. The van der Waals surface area contributed by atoms with E-state index in [9.17, 15) is 4.39 Å². The molecule has 2 heteroatoms. The molecule has 82 valence electrons. The Bertz CT molecular complexity index is 480. The Kier molecular flexibility index (Phi) is 3.20. The van der Waals surface area contributed by atoms with E-state index in [0.717, 1.165) is 6.42 Å². The fourth-order valence-electron chi connectivity index (χ4n) is 1.48. The molecule has 0 bridgehead atoms. The van der Waals surface area contributed by atoms with E-state index in [1.54, 1.807) is 18.2 Å². The zero-order valence-electron chi connectivity index (χ0n) is 9.11. The van der Waals surface area contributed by atoms with E-state index in [1.165, 1.54) is 11.6 Å². The van der Waals surface area contributed by atoms with Gasteiger partial charge in [-0.3, -0.25) is 0 Å². The van der Waals surface area contributed by atoms with Crippen LogP contribution in [-0.2, 0) is 6.42 Å². The zero-order chi connectivity index (χ0) is 11.4. The molecule has 2 aromatic carbocycles. The number of rotatable bonds is 3. The smallest absolute Gasteiger partial charge is 0.165 e. The second kappa shape index (κ2) is 4.79. The third-order valence-electron chi connectivity index (χ3n) is 2.37. The largest absolute Gasteiger partial charge is 0.454 e. The fourth-order valence-corrected chi connectivity index (χ4v) is 1.48. The van der Waals surface area contributed by atoms with Crippen molar-refractivity contribution in [1.29, 1.82) is 0 Å². The lowest BCUT2D eigenvalue weighted by atomic mass is 10.2. The first-order valence-electron chi connectivity index (χ1n) is 5.31. The van der Waals surface area contributed by atoms with E-state index in [4.69, 9.17) is 4.74 Å². The third kappa shape index (κ3) is 2.40. The number of hydrogen-bond donors (Lipinski definition) is 0. The van der Waals surface area contributed by atoms with Crippen LogP contribution in [0.1, 0.15) is 12.5 Å². The Hall–Kier alpha value is -1.83. The van der Waals surface area contributed by atoms with E-state index < -0.39 is 0 Å². The molecule has 0 heterocycles. The van der Waals surface area contributed by atoms with E-state index in [1.807, 2.05) is 24.3 Å². The van der Waals surface area contributed by atoms with Crippen LogP contribution in [0, 0.1) is 5.82 Å². The average molecular weight is 216 g/mol. The minimum atomic E-state index is -0.343. The van der Waals surface area contributed by atoms with Crippen LogP contribution in [0.5, 0.6) is 11.5 Å². The Balaban J connectivity index is 2.24. The van der Waals surface area contributed by atoms with Gasteiger partial charge in [0.05, 0.1) is 0 Å². The minimum Gasteiger partial charge on any atom is -0.454 e. The number of hydrogen-bond acceptors (Lipinski definition) is 1. The van der Waals surface area contributed by atoms with Gasteiger partial charge in [0.1, 0.15) is 5.75 Å². The first kappa shape index (κ1) is 10.7. The molecule has 0 amide bonds. The summed E-state index contributed by atoms with van der Waals surface area (Å²) in [5.41, 5.74) is 1.17. The second-order valence-electron chi connectivity index (χ2n) is 3.53. The van der Waals surface area contributed by atoms with Crippen LogP contribution in [0.25, 0.3) is 0 Å². The summed E-state index contributed by atoms with van der Waals surface area (Å²) in [7, 11) is 0. The number of aryl methyl sites for hydroxylation is 1. The van der Waals surface area contributed by atoms with Crippen LogP contribution < -0.4 is 4.74 Å². The first-order valence-corrected chi connectivity index (χ1v) is 5.31. The van der Waals surface area contributed by atoms with Crippen LogP contribution in [-0.4, -0.2) is 0 Å². The molecule has 0 saturated heterocycles. The molecule has 2 aromatic rings. The molecule has 0 aliphatic heterocycles. The summed E-state index contributed by atoms with van der Waals surface area (Å²) in [6.45, 7) is 2.07. The van der Waals surface area contributed by atoms with Gasteiger partial charge in [0.2, 0.25) is 0 Å². The Morgan fingerprint density at radius 3 is 2.62 bits per heavy atom. The van der Waals surface area contributed by atoms with Gasteiger partial charge in [-0.15, -0.1) is 0 Å². The van der Waals surface area contributed by atoms with Crippen LogP contribution >= 0.6 is 0 Å². The van der Waals surface area contributed by atoms with Crippen molar-refractivity contribution < 1.29 is 9.13 Å². The topological polar surface area (TPSA) is 9.23 Å². The molecule has 0 spiro atoms. The summed E-state index contributed by atoms with van der Waals surface area (Å²) in [5.74, 6) is 0.588. The molecule has 0 aromatic heterocycles. The normalized spacial score (nSPS) is 10.1. The van der Waals surface area contributed by atoms with Crippen LogP contribution in [0.3, 0.4) is 0 Å². The van der Waals surface area contributed by atoms with Crippen molar-refractivity contribution >= 4 is 0 Å². The van der Waals surface area contributed by atoms with Crippen LogP contribution in [0.2, 0.25) is 0 Å². The van der Waals surface area contributed by atoms with Crippen molar-refractivity contribution in [2.75, 3.05) is 0 Å². The van der Waals surface area contributed by atoms with Gasteiger partial charge in [-0.05, 0) is 36.2 Å². The molecule has 0 fully saturated rings. The van der Waals surface area contributed by atoms with Crippen molar-refractivity contribution in [2.45, 2.75) is 13.3 Å². The van der Waals surface area contributed by atoms with Gasteiger partial charge in [0.25, 0.3) is 0 Å². The zero-order valence-corrected chi connectivity index (χ0v) is 9.11. The molecular formula is C14H13FO. The van der Waals surface area contributed by atoms with E-state index in [2.05, 4.69) is 6.92 Å². The second-order valence-corrected chi connectivity index (χ2v) is 3.53. The van der Waals surface area contributed by atoms with Crippen molar-refractivity contribution in [2.24, 2.45) is 0 Å². The monoisotopic (exact) mass is 216 g/mol. The molecule has 0 saturated carbocycles. The SMILES string of the molecule is CCc1cccc(Oc2ccccc2F)c1. The molecule has 2 rings (SSSR count). The summed E-state index contributed by atoms with van der Waals surface area (Å²) in [6, 6.07) is 14.1. The summed E-state index contributed by atoms with van der Waals surface area (Å²) in [5, 5.41) is 0. The van der Waals surface area contributed by atoms with Gasteiger partial charge in [-0.2, -0.15) is 0 Å². The van der Waals surface area contributed by atoms with Crippen molar-refractivity contribution in [3.05, 3.63) is 59.9 Å². The highest BCUT2D eigenvalue weighted by Crippen LogP contribution is 2.24. The number of ether oxygens (including phenoxy) is 1. The van der Waals surface area contributed by atoms with Crippen molar-refractivity contribution in [3.8, 4) is 11.5 Å². The van der Waals surface area contributed by atoms with Gasteiger partial charge >= 0.3 is 0 Å². The van der Waals surface area contributed by atoms with Crippen molar-refractivity contribution in [1.82, 2.24) is 0 Å². The number of halogens is 1. The molecule has 0 radical (unpaired) electrons. The third-order valence-corrected chi connectivity index (χ3v) is 2.37. The average Bonchev–Trinajstić information content (AvgIpc) is 2.32. The quantitative estimate of drug-likeness (QED) is 0.747.